The molecule has 0 bridgehead atoms. The molecule has 36 heavy (non-hydrogen) atoms. The number of rotatable bonds is 7. The van der Waals surface area contributed by atoms with Crippen LogP contribution in [0.1, 0.15) is 16.8 Å². The summed E-state index contributed by atoms with van der Waals surface area (Å²) >= 11 is 0. The van der Waals surface area contributed by atoms with Crippen LogP contribution in [0.25, 0.3) is 0 Å². The summed E-state index contributed by atoms with van der Waals surface area (Å²) < 4.78 is 11.9. The van der Waals surface area contributed by atoms with Gasteiger partial charge in [0.1, 0.15) is 0 Å². The number of aromatic nitrogens is 2. The fourth-order valence-corrected chi connectivity index (χ4v) is 4.67. The lowest BCUT2D eigenvalue weighted by molar-refractivity contribution is -0.385. The summed E-state index contributed by atoms with van der Waals surface area (Å²) in [5.74, 6) is 2.39. The predicted octanol–water partition coefficient (Wildman–Crippen LogP) is 3.50. The lowest BCUT2D eigenvalue weighted by Crippen LogP contribution is -2.45. The number of para-hydroxylation sites is 3. The highest BCUT2D eigenvalue weighted by atomic mass is 16.6. The van der Waals surface area contributed by atoms with Crippen molar-refractivity contribution >= 4 is 11.6 Å². The summed E-state index contributed by atoms with van der Waals surface area (Å²) in [6.45, 7) is 5.35. The van der Waals surface area contributed by atoms with Gasteiger partial charge in [0.2, 0.25) is 11.8 Å². The van der Waals surface area contributed by atoms with Crippen LogP contribution in [-0.4, -0.2) is 71.6 Å². The van der Waals surface area contributed by atoms with E-state index in [9.17, 15) is 10.1 Å². The van der Waals surface area contributed by atoms with Crippen LogP contribution in [0.4, 0.5) is 11.6 Å². The van der Waals surface area contributed by atoms with Gasteiger partial charge in [0, 0.05) is 63.9 Å². The number of fused-ring (bicyclic) bond motifs is 1. The van der Waals surface area contributed by atoms with E-state index in [1.807, 2.05) is 36.4 Å². The Morgan fingerprint density at radius 1 is 0.972 bits per heavy atom. The second kappa shape index (κ2) is 10.5. The molecule has 3 heterocycles. The number of ether oxygens (including phenoxy) is 2. The summed E-state index contributed by atoms with van der Waals surface area (Å²) in [6, 6.07) is 14.4. The average Bonchev–Trinajstić information content (AvgIpc) is 2.89. The van der Waals surface area contributed by atoms with Gasteiger partial charge in [-0.05, 0) is 19.2 Å². The van der Waals surface area contributed by atoms with Crippen molar-refractivity contribution in [3.8, 4) is 17.4 Å². The van der Waals surface area contributed by atoms with Crippen LogP contribution in [0, 0.1) is 10.1 Å². The Hall–Kier alpha value is -3.76. The number of nitrogens with zero attached hydrogens (tertiary/aromatic N) is 6. The maximum Gasteiger partial charge on any atom is 0.273 e. The summed E-state index contributed by atoms with van der Waals surface area (Å²) in [5.41, 5.74) is 2.69. The molecule has 1 saturated heterocycles. The lowest BCUT2D eigenvalue weighted by Gasteiger charge is -2.34. The maximum absolute atomic E-state index is 11.5. The van der Waals surface area contributed by atoms with E-state index in [2.05, 4.69) is 21.7 Å². The maximum atomic E-state index is 11.5. The van der Waals surface area contributed by atoms with Crippen LogP contribution in [0.5, 0.6) is 17.4 Å². The van der Waals surface area contributed by atoms with Gasteiger partial charge in [0.15, 0.2) is 11.5 Å². The molecule has 1 aromatic heterocycles. The third-order valence-electron chi connectivity index (χ3n) is 6.73. The van der Waals surface area contributed by atoms with E-state index in [1.165, 1.54) is 0 Å². The number of anilines is 1. The van der Waals surface area contributed by atoms with Crippen molar-refractivity contribution < 1.29 is 14.4 Å². The van der Waals surface area contributed by atoms with Crippen LogP contribution < -0.4 is 14.4 Å². The topological polar surface area (TPSA) is 97.1 Å². The van der Waals surface area contributed by atoms with E-state index in [1.54, 1.807) is 19.2 Å². The molecule has 5 rings (SSSR count). The monoisotopic (exact) mass is 490 g/mol. The average molecular weight is 491 g/mol. The molecule has 3 aromatic rings. The highest BCUT2D eigenvalue weighted by molar-refractivity contribution is 5.47. The smallest absolute Gasteiger partial charge is 0.273 e. The summed E-state index contributed by atoms with van der Waals surface area (Å²) in [6.07, 6.45) is 0.710. The molecule has 0 spiro atoms. The van der Waals surface area contributed by atoms with Crippen LogP contribution in [0.15, 0.2) is 48.5 Å². The highest BCUT2D eigenvalue weighted by Gasteiger charge is 2.28. The zero-order valence-corrected chi connectivity index (χ0v) is 20.6. The first-order chi connectivity index (χ1) is 17.5. The van der Waals surface area contributed by atoms with Crippen molar-refractivity contribution in [1.29, 1.82) is 0 Å². The molecule has 0 saturated carbocycles. The highest BCUT2D eigenvalue weighted by Crippen LogP contribution is 2.36. The Kier molecular flexibility index (Phi) is 6.97. The van der Waals surface area contributed by atoms with E-state index >= 15 is 0 Å². The molecule has 0 atom stereocenters. The van der Waals surface area contributed by atoms with E-state index in [-0.39, 0.29) is 10.6 Å². The van der Waals surface area contributed by atoms with E-state index < -0.39 is 0 Å². The van der Waals surface area contributed by atoms with Crippen molar-refractivity contribution in [3.63, 3.8) is 0 Å². The first-order valence-electron chi connectivity index (χ1n) is 12.1. The predicted molar refractivity (Wildman–Crippen MR) is 136 cm³/mol. The fourth-order valence-electron chi connectivity index (χ4n) is 4.67. The molecule has 0 unspecified atom stereocenters. The quantitative estimate of drug-likeness (QED) is 0.364. The molecular weight excluding hydrogens is 460 g/mol. The van der Waals surface area contributed by atoms with Crippen molar-refractivity contribution in [2.75, 3.05) is 51.8 Å². The number of nitro benzene ring substituents is 1. The zero-order chi connectivity index (χ0) is 25.1. The van der Waals surface area contributed by atoms with Crippen LogP contribution >= 0.6 is 0 Å². The minimum Gasteiger partial charge on any atom is -0.493 e. The van der Waals surface area contributed by atoms with Crippen molar-refractivity contribution in [2.45, 2.75) is 19.5 Å². The summed E-state index contributed by atoms with van der Waals surface area (Å²) in [5, 5.41) is 11.5. The third kappa shape index (κ3) is 5.09. The minimum atomic E-state index is -0.325. The van der Waals surface area contributed by atoms with Gasteiger partial charge in [-0.1, -0.05) is 30.3 Å². The molecule has 2 aliphatic heterocycles. The van der Waals surface area contributed by atoms with Crippen molar-refractivity contribution in [3.05, 3.63) is 75.5 Å². The Labute approximate surface area is 210 Å². The number of benzene rings is 2. The molecule has 0 aliphatic carbocycles. The van der Waals surface area contributed by atoms with E-state index in [0.717, 1.165) is 44.0 Å². The SMILES string of the molecule is COc1ccccc1Oc1nc(N2CCN(C)CC2)nc2c1CN(Cc1ccccc1[N+](=O)[O-])CC2. The molecule has 0 amide bonds. The number of methoxy groups -OCH3 is 1. The first-order valence-corrected chi connectivity index (χ1v) is 12.1. The van der Waals surface area contributed by atoms with Crippen LogP contribution in [0.2, 0.25) is 0 Å². The molecule has 0 N–H and O–H groups in total. The number of nitro groups is 1. The number of piperazine rings is 1. The van der Waals surface area contributed by atoms with Crippen LogP contribution in [0.3, 0.4) is 0 Å². The Bertz CT molecular complexity index is 1240. The van der Waals surface area contributed by atoms with Gasteiger partial charge in [-0.15, -0.1) is 0 Å². The first kappa shape index (κ1) is 24.0. The van der Waals surface area contributed by atoms with Gasteiger partial charge in [-0.2, -0.15) is 4.98 Å². The number of hydrogen-bond acceptors (Lipinski definition) is 9. The van der Waals surface area contributed by atoms with Gasteiger partial charge < -0.3 is 19.3 Å². The molecule has 10 heteroatoms. The molecule has 2 aliphatic rings. The van der Waals surface area contributed by atoms with E-state index in [0.29, 0.717) is 48.4 Å². The Balaban J connectivity index is 1.47. The summed E-state index contributed by atoms with van der Waals surface area (Å²) in [4.78, 5) is 27.7. The molecule has 10 nitrogen and oxygen atoms in total. The van der Waals surface area contributed by atoms with Gasteiger partial charge in [0.25, 0.3) is 5.69 Å². The van der Waals surface area contributed by atoms with Gasteiger partial charge in [-0.3, -0.25) is 15.0 Å². The lowest BCUT2D eigenvalue weighted by atomic mass is 10.0. The second-order valence-corrected chi connectivity index (χ2v) is 9.14. The second-order valence-electron chi connectivity index (χ2n) is 9.14. The normalized spacial score (nSPS) is 16.4. The van der Waals surface area contributed by atoms with E-state index in [4.69, 9.17) is 19.4 Å². The van der Waals surface area contributed by atoms with Gasteiger partial charge in [-0.25, -0.2) is 4.98 Å². The third-order valence-corrected chi connectivity index (χ3v) is 6.73. The molecule has 0 radical (unpaired) electrons. The number of hydrogen-bond donors (Lipinski definition) is 0. The molecular formula is C26H30N6O4. The standard InChI is InChI=1S/C26H30N6O4/c1-29-13-15-31(16-14-29)26-27-21-11-12-30(17-19-7-3-4-8-22(19)32(33)34)18-20(21)25(28-26)36-24-10-6-5-9-23(24)35-2/h3-10H,11-18H2,1-2H3. The number of likely N-dealkylation sites (N-methyl/N-ethyl adjacent to an activating group) is 1. The Morgan fingerprint density at radius 2 is 1.69 bits per heavy atom. The van der Waals surface area contributed by atoms with Crippen LogP contribution in [-0.2, 0) is 19.5 Å². The molecule has 188 valence electrons. The zero-order valence-electron chi connectivity index (χ0n) is 20.6. The van der Waals surface area contributed by atoms with Crippen molar-refractivity contribution in [1.82, 2.24) is 19.8 Å². The molecule has 2 aromatic carbocycles. The van der Waals surface area contributed by atoms with Gasteiger partial charge in [0.05, 0.1) is 23.3 Å². The van der Waals surface area contributed by atoms with Crippen molar-refractivity contribution in [2.24, 2.45) is 0 Å². The summed E-state index contributed by atoms with van der Waals surface area (Å²) in [7, 11) is 3.73. The largest absolute Gasteiger partial charge is 0.493 e. The fraction of sp³-hybridized carbons (Fsp3) is 0.385. The minimum absolute atomic E-state index is 0.135. The molecule has 1 fully saturated rings. The Morgan fingerprint density at radius 3 is 2.44 bits per heavy atom. The van der Waals surface area contributed by atoms with Gasteiger partial charge >= 0.3 is 0 Å².